The lowest BCUT2D eigenvalue weighted by Gasteiger charge is -2.31. The summed E-state index contributed by atoms with van der Waals surface area (Å²) in [6.07, 6.45) is 2.45. The van der Waals surface area contributed by atoms with Crippen molar-refractivity contribution in [1.29, 1.82) is 0 Å². The molecule has 14 heteroatoms. The minimum atomic E-state index is -3.65. The van der Waals surface area contributed by atoms with E-state index in [9.17, 15) is 13.2 Å². The predicted octanol–water partition coefficient (Wildman–Crippen LogP) is 4.73. The minimum absolute atomic E-state index is 0.163. The van der Waals surface area contributed by atoms with E-state index in [1.807, 2.05) is 31.0 Å². The molecule has 2 aliphatic rings. The zero-order valence-corrected chi connectivity index (χ0v) is 25.4. The van der Waals surface area contributed by atoms with Gasteiger partial charge in [-0.05, 0) is 68.9 Å². The van der Waals surface area contributed by atoms with E-state index < -0.39 is 15.8 Å². The predicted molar refractivity (Wildman–Crippen MR) is 160 cm³/mol. The van der Waals surface area contributed by atoms with Gasteiger partial charge in [0.15, 0.2) is 5.13 Å². The molecular weight excluding hydrogens is 583 g/mol. The molecule has 0 radical (unpaired) electrons. The number of para-hydroxylation sites is 1. The van der Waals surface area contributed by atoms with Gasteiger partial charge in [-0.15, -0.1) is 0 Å². The van der Waals surface area contributed by atoms with Crippen LogP contribution in [0.4, 0.5) is 21.6 Å². The van der Waals surface area contributed by atoms with Gasteiger partial charge in [0.1, 0.15) is 11.6 Å². The lowest BCUT2D eigenvalue weighted by Crippen LogP contribution is -2.27. The highest BCUT2D eigenvalue weighted by Crippen LogP contribution is 2.44. The summed E-state index contributed by atoms with van der Waals surface area (Å²) in [6.45, 7) is 4.98. The van der Waals surface area contributed by atoms with E-state index >= 15 is 0 Å². The Morgan fingerprint density at radius 1 is 1.05 bits per heavy atom. The van der Waals surface area contributed by atoms with Crippen LogP contribution in [0.1, 0.15) is 42.4 Å². The van der Waals surface area contributed by atoms with Gasteiger partial charge in [0.2, 0.25) is 20.9 Å². The largest absolute Gasteiger partial charge is 0.381 e. The number of anilines is 4. The second-order valence-corrected chi connectivity index (χ2v) is 13.3. The summed E-state index contributed by atoms with van der Waals surface area (Å²) in [6, 6.07) is 12.2. The summed E-state index contributed by atoms with van der Waals surface area (Å²) in [5, 5.41) is 3.92. The molecule has 6 rings (SSSR count). The summed E-state index contributed by atoms with van der Waals surface area (Å²) in [5.74, 6) is 1.09. The van der Waals surface area contributed by atoms with Crippen LogP contribution in [0.3, 0.4) is 0 Å². The molecule has 1 unspecified atom stereocenters. The van der Waals surface area contributed by atoms with Crippen LogP contribution in [0, 0.1) is 19.8 Å². The zero-order chi connectivity index (χ0) is 29.1. The Hall–Kier alpha value is -3.46. The lowest BCUT2D eigenvalue weighted by molar-refractivity contribution is -0.118. The maximum Gasteiger partial charge on any atom is 0.233 e. The van der Waals surface area contributed by atoms with Crippen LogP contribution in [-0.2, 0) is 19.4 Å². The summed E-state index contributed by atoms with van der Waals surface area (Å²) < 4.78 is 40.0. The van der Waals surface area contributed by atoms with Crippen LogP contribution < -0.4 is 16.0 Å². The van der Waals surface area contributed by atoms with Crippen LogP contribution in [0.2, 0.25) is 0 Å². The molecule has 1 saturated heterocycles. The average molecular weight is 614 g/mol. The normalized spacial score (nSPS) is 16.6. The molecule has 1 fully saturated rings. The number of nitrogens with two attached hydrogens (primary N) is 1. The number of aryl methyl sites for hydroxylation is 2. The van der Waals surface area contributed by atoms with Gasteiger partial charge in [-0.3, -0.25) is 4.79 Å². The third kappa shape index (κ3) is 6.40. The van der Waals surface area contributed by atoms with E-state index in [4.69, 9.17) is 10.5 Å². The number of benzene rings is 2. The lowest BCUT2D eigenvalue weighted by atomic mass is 9.84. The number of nitrogen functional groups attached to an aromatic ring is 1. The van der Waals surface area contributed by atoms with Gasteiger partial charge < -0.3 is 20.7 Å². The number of amides is 1. The molecule has 41 heavy (non-hydrogen) atoms. The van der Waals surface area contributed by atoms with E-state index in [0.717, 1.165) is 35.8 Å². The molecule has 216 valence electrons. The molecule has 0 aliphatic carbocycles. The summed E-state index contributed by atoms with van der Waals surface area (Å²) in [4.78, 5) is 23.9. The maximum absolute atomic E-state index is 13.4. The van der Waals surface area contributed by atoms with Gasteiger partial charge in [-0.1, -0.05) is 18.2 Å². The molecule has 4 aromatic rings. The second kappa shape index (κ2) is 12.2. The van der Waals surface area contributed by atoms with E-state index in [2.05, 4.69) is 24.0 Å². The fraction of sp³-hybridized carbons (Fsp3) is 0.370. The second-order valence-electron chi connectivity index (χ2n) is 9.92. The van der Waals surface area contributed by atoms with Gasteiger partial charge in [-0.2, -0.15) is 8.75 Å². The number of sulfone groups is 1. The van der Waals surface area contributed by atoms with Gasteiger partial charge in [0.05, 0.1) is 27.1 Å². The standard InChI is InChI=1S/C24H26N4O4S2.C3H5N3S/c1-15-25-24(33-27-15)26-23(29)18(13-16-9-11-32-12-10-16)17-7-8-22-20(14-17)28(2)19-5-3-4-6-21(19)34(22,30)31;1-2-5-3(4)7-6-2/h3-8,14,16,18H,9-13H2,1-2H3,(H,25,26,27,29);1H3,(H2,4,5,6). The molecule has 1 amide bonds. The van der Waals surface area contributed by atoms with Gasteiger partial charge in [0.25, 0.3) is 0 Å². The zero-order valence-electron chi connectivity index (χ0n) is 22.9. The van der Waals surface area contributed by atoms with Crippen LogP contribution in [0.5, 0.6) is 0 Å². The molecule has 2 aromatic heterocycles. The number of hydrogen-bond acceptors (Lipinski definition) is 12. The fourth-order valence-corrected chi connectivity index (χ4v) is 7.72. The van der Waals surface area contributed by atoms with E-state index in [0.29, 0.717) is 57.9 Å². The molecule has 3 N–H and O–H groups in total. The Morgan fingerprint density at radius 2 is 1.73 bits per heavy atom. The first-order valence-corrected chi connectivity index (χ1v) is 16.1. The monoisotopic (exact) mass is 613 g/mol. The Kier molecular flexibility index (Phi) is 8.63. The minimum Gasteiger partial charge on any atom is -0.381 e. The Labute approximate surface area is 247 Å². The number of rotatable bonds is 5. The summed E-state index contributed by atoms with van der Waals surface area (Å²) in [5.41, 5.74) is 7.21. The number of ether oxygens (including phenoxy) is 1. The smallest absolute Gasteiger partial charge is 0.233 e. The number of nitrogens with zero attached hydrogens (tertiary/aromatic N) is 5. The van der Waals surface area contributed by atoms with Crippen LogP contribution >= 0.6 is 23.1 Å². The molecule has 0 saturated carbocycles. The average Bonchev–Trinajstić information content (AvgIpc) is 3.56. The quantitative estimate of drug-likeness (QED) is 0.323. The van der Waals surface area contributed by atoms with Crippen molar-refractivity contribution < 1.29 is 17.9 Å². The van der Waals surface area contributed by atoms with Gasteiger partial charge in [-0.25, -0.2) is 18.4 Å². The third-order valence-corrected chi connectivity index (χ3v) is 10.3. The number of nitrogens with one attached hydrogen (secondary N) is 1. The van der Waals surface area contributed by atoms with Gasteiger partial charge in [0, 0.05) is 43.3 Å². The van der Waals surface area contributed by atoms with Crippen LogP contribution in [-0.4, -0.2) is 53.3 Å². The third-order valence-electron chi connectivity index (χ3n) is 7.08. The Balaban J connectivity index is 0.000000423. The van der Waals surface area contributed by atoms with E-state index in [1.165, 1.54) is 11.5 Å². The fourth-order valence-electron chi connectivity index (χ4n) is 5.01. The van der Waals surface area contributed by atoms with Crippen molar-refractivity contribution in [2.45, 2.75) is 48.8 Å². The SMILES string of the molecule is Cc1nsc(N)n1.Cc1nsc(NC(=O)C(CC2CCOCC2)c2ccc3c(c2)N(C)c2ccccc2S3(=O)=O)n1. The first-order chi connectivity index (χ1) is 19.6. The molecule has 11 nitrogen and oxygen atoms in total. The number of aromatic nitrogens is 4. The number of hydrogen-bond donors (Lipinski definition) is 2. The highest BCUT2D eigenvalue weighted by Gasteiger charge is 2.34. The Morgan fingerprint density at radius 3 is 2.37 bits per heavy atom. The Bertz CT molecular complexity index is 1630. The summed E-state index contributed by atoms with van der Waals surface area (Å²) >= 11 is 2.37. The van der Waals surface area contributed by atoms with Crippen molar-refractivity contribution in [3.63, 3.8) is 0 Å². The first kappa shape index (κ1) is 29.0. The van der Waals surface area contributed by atoms with Crippen molar-refractivity contribution in [1.82, 2.24) is 18.7 Å². The molecular formula is C27H31N7O4S3. The highest BCUT2D eigenvalue weighted by atomic mass is 32.2. The van der Waals surface area contributed by atoms with Crippen molar-refractivity contribution in [3.05, 3.63) is 59.7 Å². The molecule has 4 heterocycles. The summed E-state index contributed by atoms with van der Waals surface area (Å²) in [7, 11) is -1.79. The van der Waals surface area contributed by atoms with E-state index in [1.54, 1.807) is 37.3 Å². The number of fused-ring (bicyclic) bond motifs is 2. The topological polar surface area (TPSA) is 153 Å². The number of carbonyl (C=O) groups excluding carboxylic acids is 1. The first-order valence-electron chi connectivity index (χ1n) is 13.1. The van der Waals surface area contributed by atoms with Crippen molar-refractivity contribution >= 4 is 60.4 Å². The molecule has 0 spiro atoms. The van der Waals surface area contributed by atoms with Crippen LogP contribution in [0.15, 0.2) is 52.3 Å². The molecule has 2 aliphatic heterocycles. The van der Waals surface area contributed by atoms with Crippen molar-refractivity contribution in [3.8, 4) is 0 Å². The highest BCUT2D eigenvalue weighted by molar-refractivity contribution is 7.92. The maximum atomic E-state index is 13.4. The van der Waals surface area contributed by atoms with Gasteiger partial charge >= 0.3 is 0 Å². The molecule has 2 aromatic carbocycles. The number of carbonyl (C=O) groups is 1. The van der Waals surface area contributed by atoms with E-state index in [-0.39, 0.29) is 10.8 Å². The van der Waals surface area contributed by atoms with Crippen LogP contribution in [0.25, 0.3) is 0 Å². The molecule has 1 atom stereocenters. The molecule has 0 bridgehead atoms. The van der Waals surface area contributed by atoms with Crippen molar-refractivity contribution in [2.75, 3.05) is 36.2 Å². The van der Waals surface area contributed by atoms with Crippen molar-refractivity contribution in [2.24, 2.45) is 5.92 Å².